The van der Waals surface area contributed by atoms with Crippen LogP contribution in [0, 0.1) is 0 Å². The van der Waals surface area contributed by atoms with Crippen LogP contribution in [0.5, 0.6) is 0 Å². The van der Waals surface area contributed by atoms with Gasteiger partial charge >= 0.3 is 0 Å². The predicted molar refractivity (Wildman–Crippen MR) is 54.3 cm³/mol. The van der Waals surface area contributed by atoms with Crippen molar-refractivity contribution in [2.24, 2.45) is 5.73 Å². The second-order valence-electron chi connectivity index (χ2n) is 2.80. The molecular formula is C9H9ClN4. The monoisotopic (exact) mass is 208 g/mol. The van der Waals surface area contributed by atoms with Crippen molar-refractivity contribution in [3.8, 4) is 5.69 Å². The van der Waals surface area contributed by atoms with Crippen molar-refractivity contribution in [3.05, 3.63) is 41.4 Å². The van der Waals surface area contributed by atoms with Crippen LogP contribution in [0.4, 0.5) is 0 Å². The summed E-state index contributed by atoms with van der Waals surface area (Å²) in [5, 5.41) is 8.35. The van der Waals surface area contributed by atoms with E-state index in [4.69, 9.17) is 17.3 Å². The normalized spacial score (nSPS) is 10.4. The Bertz CT molecular complexity index is 438. The van der Waals surface area contributed by atoms with Crippen LogP contribution in [0.1, 0.15) is 5.82 Å². The van der Waals surface area contributed by atoms with Crippen LogP contribution in [0.25, 0.3) is 5.69 Å². The Labute approximate surface area is 86.3 Å². The molecule has 0 aliphatic rings. The fourth-order valence-corrected chi connectivity index (χ4v) is 1.42. The summed E-state index contributed by atoms with van der Waals surface area (Å²) < 4.78 is 1.81. The Morgan fingerprint density at radius 2 is 2.29 bits per heavy atom. The lowest BCUT2D eigenvalue weighted by molar-refractivity contribution is 0.860. The van der Waals surface area contributed by atoms with Gasteiger partial charge < -0.3 is 5.73 Å². The molecule has 14 heavy (non-hydrogen) atoms. The van der Waals surface area contributed by atoms with Crippen molar-refractivity contribution in [2.75, 3.05) is 0 Å². The Morgan fingerprint density at radius 1 is 1.43 bits per heavy atom. The number of hydrogen-bond donors (Lipinski definition) is 1. The molecule has 5 heteroatoms. The molecule has 0 saturated carbocycles. The third kappa shape index (κ3) is 1.62. The molecule has 0 spiro atoms. The quantitative estimate of drug-likeness (QED) is 0.811. The second kappa shape index (κ2) is 3.77. The summed E-state index contributed by atoms with van der Waals surface area (Å²) in [5.74, 6) is 0.715. The molecule has 1 aromatic heterocycles. The summed E-state index contributed by atoms with van der Waals surface area (Å²) in [6.45, 7) is 0.354. The van der Waals surface area contributed by atoms with Crippen molar-refractivity contribution < 1.29 is 0 Å². The number of aromatic nitrogens is 3. The fraction of sp³-hybridized carbons (Fsp3) is 0.111. The van der Waals surface area contributed by atoms with Crippen LogP contribution < -0.4 is 5.73 Å². The van der Waals surface area contributed by atoms with E-state index in [0.717, 1.165) is 5.69 Å². The van der Waals surface area contributed by atoms with Crippen LogP contribution in [0.3, 0.4) is 0 Å². The minimum atomic E-state index is 0.354. The molecule has 0 aliphatic carbocycles. The average Bonchev–Trinajstić information content (AvgIpc) is 2.65. The van der Waals surface area contributed by atoms with Gasteiger partial charge in [-0.15, -0.1) is 10.2 Å². The first-order chi connectivity index (χ1) is 6.81. The standard InChI is InChI=1S/C9H9ClN4/c10-7-2-1-3-8(4-7)14-6-12-13-9(14)5-11/h1-4,6H,5,11H2. The topological polar surface area (TPSA) is 56.7 Å². The second-order valence-corrected chi connectivity index (χ2v) is 3.24. The lowest BCUT2D eigenvalue weighted by Gasteiger charge is -2.04. The molecule has 2 rings (SSSR count). The van der Waals surface area contributed by atoms with Gasteiger partial charge in [-0.25, -0.2) is 0 Å². The van der Waals surface area contributed by atoms with E-state index in [-0.39, 0.29) is 0 Å². The number of nitrogens with zero attached hydrogens (tertiary/aromatic N) is 3. The van der Waals surface area contributed by atoms with Crippen LogP contribution in [0.15, 0.2) is 30.6 Å². The highest BCUT2D eigenvalue weighted by Crippen LogP contribution is 2.15. The van der Waals surface area contributed by atoms with E-state index in [1.807, 2.05) is 28.8 Å². The molecule has 0 aliphatic heterocycles. The number of benzene rings is 1. The molecule has 2 aromatic rings. The van der Waals surface area contributed by atoms with Crippen LogP contribution >= 0.6 is 11.6 Å². The summed E-state index contributed by atoms with van der Waals surface area (Å²) in [7, 11) is 0. The van der Waals surface area contributed by atoms with Gasteiger partial charge in [-0.3, -0.25) is 4.57 Å². The third-order valence-electron chi connectivity index (χ3n) is 1.89. The smallest absolute Gasteiger partial charge is 0.151 e. The van der Waals surface area contributed by atoms with Crippen molar-refractivity contribution in [1.29, 1.82) is 0 Å². The van der Waals surface area contributed by atoms with E-state index in [1.54, 1.807) is 6.33 Å². The van der Waals surface area contributed by atoms with E-state index in [0.29, 0.717) is 17.4 Å². The maximum absolute atomic E-state index is 5.87. The maximum atomic E-state index is 5.87. The molecule has 2 N–H and O–H groups in total. The van der Waals surface area contributed by atoms with E-state index >= 15 is 0 Å². The maximum Gasteiger partial charge on any atom is 0.151 e. The molecule has 1 heterocycles. The Kier molecular flexibility index (Phi) is 2.47. The van der Waals surface area contributed by atoms with Gasteiger partial charge in [0.05, 0.1) is 6.54 Å². The molecular weight excluding hydrogens is 200 g/mol. The van der Waals surface area contributed by atoms with Crippen molar-refractivity contribution in [2.45, 2.75) is 6.54 Å². The van der Waals surface area contributed by atoms with E-state index in [1.165, 1.54) is 0 Å². The van der Waals surface area contributed by atoms with Gasteiger partial charge in [0.2, 0.25) is 0 Å². The third-order valence-corrected chi connectivity index (χ3v) is 2.12. The van der Waals surface area contributed by atoms with Crippen molar-refractivity contribution in [1.82, 2.24) is 14.8 Å². The van der Waals surface area contributed by atoms with E-state index < -0.39 is 0 Å². The zero-order chi connectivity index (χ0) is 9.97. The molecule has 0 bridgehead atoms. The molecule has 0 amide bonds. The van der Waals surface area contributed by atoms with Gasteiger partial charge in [-0.05, 0) is 18.2 Å². The highest BCUT2D eigenvalue weighted by Gasteiger charge is 2.03. The molecule has 0 fully saturated rings. The van der Waals surface area contributed by atoms with Gasteiger partial charge in [-0.2, -0.15) is 0 Å². The van der Waals surface area contributed by atoms with Gasteiger partial charge in [-0.1, -0.05) is 17.7 Å². The van der Waals surface area contributed by atoms with Crippen LogP contribution in [0.2, 0.25) is 5.02 Å². The first-order valence-corrected chi connectivity index (χ1v) is 4.54. The Hall–Kier alpha value is -1.39. The molecule has 1 aromatic carbocycles. The Morgan fingerprint density at radius 3 is 3.00 bits per heavy atom. The molecule has 0 atom stereocenters. The number of rotatable bonds is 2. The number of halogens is 1. The summed E-state index contributed by atoms with van der Waals surface area (Å²) in [4.78, 5) is 0. The van der Waals surface area contributed by atoms with Crippen LogP contribution in [-0.2, 0) is 6.54 Å². The zero-order valence-corrected chi connectivity index (χ0v) is 8.15. The summed E-state index contributed by atoms with van der Waals surface area (Å²) >= 11 is 5.87. The largest absolute Gasteiger partial charge is 0.324 e. The first kappa shape index (κ1) is 9.18. The molecule has 72 valence electrons. The number of nitrogens with two attached hydrogens (primary N) is 1. The molecule has 0 unspecified atom stereocenters. The van der Waals surface area contributed by atoms with Crippen molar-refractivity contribution >= 4 is 11.6 Å². The van der Waals surface area contributed by atoms with Crippen LogP contribution in [-0.4, -0.2) is 14.8 Å². The predicted octanol–water partition coefficient (Wildman–Crippen LogP) is 1.38. The Balaban J connectivity index is 2.49. The van der Waals surface area contributed by atoms with Crippen molar-refractivity contribution in [3.63, 3.8) is 0 Å². The van der Waals surface area contributed by atoms with Gasteiger partial charge in [0.25, 0.3) is 0 Å². The molecule has 0 radical (unpaired) electrons. The fourth-order valence-electron chi connectivity index (χ4n) is 1.24. The highest BCUT2D eigenvalue weighted by atomic mass is 35.5. The minimum absolute atomic E-state index is 0.354. The zero-order valence-electron chi connectivity index (χ0n) is 7.39. The summed E-state index contributed by atoms with van der Waals surface area (Å²) in [5.41, 5.74) is 6.43. The lowest BCUT2D eigenvalue weighted by Crippen LogP contribution is -2.06. The average molecular weight is 209 g/mol. The van der Waals surface area contributed by atoms with Gasteiger partial charge in [0.1, 0.15) is 6.33 Å². The van der Waals surface area contributed by atoms with Gasteiger partial charge in [0, 0.05) is 10.7 Å². The first-order valence-electron chi connectivity index (χ1n) is 4.16. The summed E-state index contributed by atoms with van der Waals surface area (Å²) in [6.07, 6.45) is 1.62. The highest BCUT2D eigenvalue weighted by molar-refractivity contribution is 6.30. The number of hydrogen-bond acceptors (Lipinski definition) is 3. The van der Waals surface area contributed by atoms with E-state index in [2.05, 4.69) is 10.2 Å². The lowest BCUT2D eigenvalue weighted by atomic mass is 10.3. The van der Waals surface area contributed by atoms with E-state index in [9.17, 15) is 0 Å². The molecule has 0 saturated heterocycles. The summed E-state index contributed by atoms with van der Waals surface area (Å²) in [6, 6.07) is 7.45. The van der Waals surface area contributed by atoms with Gasteiger partial charge in [0.15, 0.2) is 5.82 Å². The minimum Gasteiger partial charge on any atom is -0.324 e. The molecule has 4 nitrogen and oxygen atoms in total. The SMILES string of the molecule is NCc1nncn1-c1cccc(Cl)c1.